The van der Waals surface area contributed by atoms with Crippen LogP contribution in [0.1, 0.15) is 18.5 Å². The van der Waals surface area contributed by atoms with Crippen molar-refractivity contribution in [3.63, 3.8) is 0 Å². The maximum Gasteiger partial charge on any atom is 0.137 e. The normalized spacial score (nSPS) is 12.8. The number of likely N-dealkylation sites (N-methyl/N-ethyl adjacent to an activating group) is 2. The zero-order chi connectivity index (χ0) is 12.8. The van der Waals surface area contributed by atoms with Gasteiger partial charge in [0.15, 0.2) is 0 Å². The number of benzene rings is 1. The average molecular weight is 257 g/mol. The third kappa shape index (κ3) is 4.19. The van der Waals surface area contributed by atoms with Gasteiger partial charge in [-0.1, -0.05) is 24.6 Å². The predicted octanol–water partition coefficient (Wildman–Crippen LogP) is 2.56. The number of hydrogen-bond donors (Lipinski definition) is 1. The molecule has 0 amide bonds. The Morgan fingerprint density at radius 2 is 2.12 bits per heavy atom. The molecule has 0 heterocycles. The van der Waals surface area contributed by atoms with Crippen LogP contribution in [0.4, 0.5) is 0 Å². The molecule has 1 aromatic carbocycles. The summed E-state index contributed by atoms with van der Waals surface area (Å²) in [5, 5.41) is 4.11. The molecule has 0 bridgehead atoms. The summed E-state index contributed by atoms with van der Waals surface area (Å²) in [5.41, 5.74) is 1.20. The van der Waals surface area contributed by atoms with E-state index < -0.39 is 0 Å². The minimum atomic E-state index is 0.293. The first-order valence-corrected chi connectivity index (χ1v) is 6.17. The van der Waals surface area contributed by atoms with E-state index in [1.807, 2.05) is 18.2 Å². The minimum absolute atomic E-state index is 0.293. The topological polar surface area (TPSA) is 24.5 Å². The summed E-state index contributed by atoms with van der Waals surface area (Å²) in [7, 11) is 5.77. The number of rotatable bonds is 6. The highest BCUT2D eigenvalue weighted by atomic mass is 35.5. The van der Waals surface area contributed by atoms with Gasteiger partial charge in [0.2, 0.25) is 0 Å². The van der Waals surface area contributed by atoms with E-state index in [0.717, 1.165) is 18.8 Å². The molecule has 1 aromatic rings. The maximum atomic E-state index is 6.03. The predicted molar refractivity (Wildman–Crippen MR) is 73.0 cm³/mol. The molecule has 0 spiro atoms. The Balaban J connectivity index is 2.92. The van der Waals surface area contributed by atoms with E-state index in [9.17, 15) is 0 Å². The number of halogens is 1. The Labute approximate surface area is 109 Å². The Hall–Kier alpha value is -0.770. The van der Waals surface area contributed by atoms with Crippen molar-refractivity contribution < 1.29 is 4.74 Å². The van der Waals surface area contributed by atoms with E-state index in [1.54, 1.807) is 7.11 Å². The molecular weight excluding hydrogens is 236 g/mol. The van der Waals surface area contributed by atoms with E-state index in [1.165, 1.54) is 5.56 Å². The molecule has 96 valence electrons. The second-order valence-corrected chi connectivity index (χ2v) is 4.67. The average Bonchev–Trinajstić information content (AvgIpc) is 2.28. The fourth-order valence-electron chi connectivity index (χ4n) is 1.79. The molecule has 0 aliphatic carbocycles. The van der Waals surface area contributed by atoms with Crippen LogP contribution in [0.25, 0.3) is 0 Å². The Morgan fingerprint density at radius 1 is 1.41 bits per heavy atom. The lowest BCUT2D eigenvalue weighted by Gasteiger charge is -2.22. The van der Waals surface area contributed by atoms with Crippen LogP contribution in [0.2, 0.25) is 5.02 Å². The van der Waals surface area contributed by atoms with Gasteiger partial charge in [0.05, 0.1) is 12.1 Å². The second kappa shape index (κ2) is 6.84. The highest BCUT2D eigenvalue weighted by Crippen LogP contribution is 2.27. The molecule has 0 aliphatic rings. The third-order valence-corrected chi connectivity index (χ3v) is 2.89. The maximum absolute atomic E-state index is 6.03. The van der Waals surface area contributed by atoms with Crippen molar-refractivity contribution in [1.82, 2.24) is 10.2 Å². The summed E-state index contributed by atoms with van der Waals surface area (Å²) in [5.74, 6) is 0.728. The number of nitrogens with one attached hydrogen (secondary N) is 1. The first-order valence-electron chi connectivity index (χ1n) is 5.80. The molecule has 1 N–H and O–H groups in total. The van der Waals surface area contributed by atoms with Gasteiger partial charge in [0, 0.05) is 12.6 Å². The van der Waals surface area contributed by atoms with Crippen LogP contribution in [0.5, 0.6) is 5.75 Å². The molecule has 1 rings (SSSR count). The first-order chi connectivity index (χ1) is 8.08. The van der Waals surface area contributed by atoms with Gasteiger partial charge in [-0.15, -0.1) is 0 Å². The quantitative estimate of drug-likeness (QED) is 0.847. The van der Waals surface area contributed by atoms with Gasteiger partial charge in [-0.2, -0.15) is 0 Å². The smallest absolute Gasteiger partial charge is 0.137 e. The van der Waals surface area contributed by atoms with Crippen molar-refractivity contribution in [2.75, 3.05) is 34.3 Å². The van der Waals surface area contributed by atoms with Gasteiger partial charge in [0.25, 0.3) is 0 Å². The van der Waals surface area contributed by atoms with Gasteiger partial charge in [0.1, 0.15) is 5.75 Å². The number of hydrogen-bond acceptors (Lipinski definition) is 3. The van der Waals surface area contributed by atoms with Gasteiger partial charge < -0.3 is 15.0 Å². The Morgan fingerprint density at radius 3 is 2.65 bits per heavy atom. The lowest BCUT2D eigenvalue weighted by Crippen LogP contribution is -2.31. The van der Waals surface area contributed by atoms with Crippen molar-refractivity contribution >= 4 is 11.6 Å². The standard InChI is InChI=1S/C13H21ClN2O/c1-5-15-12(9-16(2)3)10-6-7-11(14)13(8-10)17-4/h6-8,12,15H,5,9H2,1-4H3. The van der Waals surface area contributed by atoms with Crippen LogP contribution < -0.4 is 10.1 Å². The molecule has 0 saturated heterocycles. The fourth-order valence-corrected chi connectivity index (χ4v) is 1.99. The molecule has 0 radical (unpaired) electrons. The molecule has 0 fully saturated rings. The Kier molecular flexibility index (Phi) is 5.75. The molecule has 3 nitrogen and oxygen atoms in total. The largest absolute Gasteiger partial charge is 0.495 e. The van der Waals surface area contributed by atoms with E-state index >= 15 is 0 Å². The second-order valence-electron chi connectivity index (χ2n) is 4.27. The zero-order valence-corrected chi connectivity index (χ0v) is 11.7. The molecule has 0 aromatic heterocycles. The lowest BCUT2D eigenvalue weighted by molar-refractivity contribution is 0.344. The van der Waals surface area contributed by atoms with E-state index in [0.29, 0.717) is 11.1 Å². The van der Waals surface area contributed by atoms with E-state index in [2.05, 4.69) is 31.2 Å². The van der Waals surface area contributed by atoms with Gasteiger partial charge in [-0.05, 0) is 38.3 Å². The molecular formula is C13H21ClN2O. The fraction of sp³-hybridized carbons (Fsp3) is 0.538. The van der Waals surface area contributed by atoms with Crippen LogP contribution in [0, 0.1) is 0 Å². The molecule has 1 atom stereocenters. The van der Waals surface area contributed by atoms with Crippen molar-refractivity contribution in [2.24, 2.45) is 0 Å². The molecule has 0 saturated carbocycles. The first kappa shape index (κ1) is 14.3. The minimum Gasteiger partial charge on any atom is -0.495 e. The van der Waals surface area contributed by atoms with Crippen molar-refractivity contribution in [2.45, 2.75) is 13.0 Å². The summed E-state index contributed by atoms with van der Waals surface area (Å²) in [6.45, 7) is 3.98. The number of ether oxygens (including phenoxy) is 1. The summed E-state index contributed by atoms with van der Waals surface area (Å²) in [6, 6.07) is 6.22. The van der Waals surface area contributed by atoms with Gasteiger partial charge in [-0.3, -0.25) is 0 Å². The summed E-state index contributed by atoms with van der Waals surface area (Å²) < 4.78 is 5.25. The van der Waals surface area contributed by atoms with Crippen LogP contribution in [-0.2, 0) is 0 Å². The van der Waals surface area contributed by atoms with Crippen molar-refractivity contribution in [3.8, 4) is 5.75 Å². The highest BCUT2D eigenvalue weighted by molar-refractivity contribution is 6.32. The van der Waals surface area contributed by atoms with Crippen LogP contribution in [-0.4, -0.2) is 39.2 Å². The third-order valence-electron chi connectivity index (χ3n) is 2.58. The number of methoxy groups -OCH3 is 1. The molecule has 0 aliphatic heterocycles. The van der Waals surface area contributed by atoms with Crippen LogP contribution >= 0.6 is 11.6 Å². The van der Waals surface area contributed by atoms with Crippen LogP contribution in [0.3, 0.4) is 0 Å². The SMILES string of the molecule is CCNC(CN(C)C)c1ccc(Cl)c(OC)c1. The summed E-state index contributed by atoms with van der Waals surface area (Å²) in [6.07, 6.45) is 0. The molecule has 4 heteroatoms. The lowest BCUT2D eigenvalue weighted by atomic mass is 10.1. The number of nitrogens with zero attached hydrogens (tertiary/aromatic N) is 1. The zero-order valence-electron chi connectivity index (χ0n) is 11.0. The molecule has 1 unspecified atom stereocenters. The van der Waals surface area contributed by atoms with E-state index in [4.69, 9.17) is 16.3 Å². The van der Waals surface area contributed by atoms with Gasteiger partial charge >= 0.3 is 0 Å². The van der Waals surface area contributed by atoms with Gasteiger partial charge in [-0.25, -0.2) is 0 Å². The van der Waals surface area contributed by atoms with E-state index in [-0.39, 0.29) is 0 Å². The van der Waals surface area contributed by atoms with Crippen LogP contribution in [0.15, 0.2) is 18.2 Å². The summed E-state index contributed by atoms with van der Waals surface area (Å²) in [4.78, 5) is 2.16. The monoisotopic (exact) mass is 256 g/mol. The molecule has 17 heavy (non-hydrogen) atoms. The Bertz CT molecular complexity index is 355. The van der Waals surface area contributed by atoms with Crippen molar-refractivity contribution in [1.29, 1.82) is 0 Å². The van der Waals surface area contributed by atoms with Crippen molar-refractivity contribution in [3.05, 3.63) is 28.8 Å². The summed E-state index contributed by atoms with van der Waals surface area (Å²) >= 11 is 6.03. The highest BCUT2D eigenvalue weighted by Gasteiger charge is 2.13.